The van der Waals surface area contributed by atoms with Gasteiger partial charge < -0.3 is 4.74 Å². The molecule has 0 aromatic heterocycles. The lowest BCUT2D eigenvalue weighted by atomic mass is 10.2. The minimum absolute atomic E-state index is 0.198. The Morgan fingerprint density at radius 3 is 2.60 bits per heavy atom. The summed E-state index contributed by atoms with van der Waals surface area (Å²) >= 11 is 5.44. The quantitative estimate of drug-likeness (QED) is 0.456. The highest BCUT2D eigenvalue weighted by Gasteiger charge is 1.94. The first-order chi connectivity index (χ1) is 4.66. The first kappa shape index (κ1) is 9.99. The summed E-state index contributed by atoms with van der Waals surface area (Å²) in [5.74, 6) is 0.570. The van der Waals surface area contributed by atoms with Gasteiger partial charge in [-0.2, -0.15) is 0 Å². The molecule has 0 aromatic rings. The second-order valence-electron chi connectivity index (χ2n) is 2.51. The molecule has 0 bridgehead atoms. The molecule has 0 spiro atoms. The number of rotatable bonds is 4. The van der Waals surface area contributed by atoms with Crippen molar-refractivity contribution in [2.45, 2.75) is 26.9 Å². The van der Waals surface area contributed by atoms with Crippen LogP contribution in [0.4, 0.5) is 0 Å². The van der Waals surface area contributed by atoms with Gasteiger partial charge in [0.1, 0.15) is 0 Å². The number of hydrogen-bond donors (Lipinski definition) is 0. The zero-order valence-corrected chi connectivity index (χ0v) is 7.61. The van der Waals surface area contributed by atoms with Gasteiger partial charge in [0.2, 0.25) is 0 Å². The van der Waals surface area contributed by atoms with Crippen molar-refractivity contribution < 1.29 is 4.74 Å². The molecule has 10 heavy (non-hydrogen) atoms. The average molecular weight is 163 g/mol. The molecule has 60 valence electrons. The summed E-state index contributed by atoms with van der Waals surface area (Å²) in [6.45, 7) is 6.76. The molecule has 0 radical (unpaired) electrons. The van der Waals surface area contributed by atoms with E-state index in [1.54, 1.807) is 0 Å². The Morgan fingerprint density at radius 2 is 2.20 bits per heavy atom. The molecule has 1 atom stereocenters. The monoisotopic (exact) mass is 162 g/mol. The molecule has 1 unspecified atom stereocenters. The summed E-state index contributed by atoms with van der Waals surface area (Å²) in [4.78, 5) is 0. The Kier molecular flexibility index (Phi) is 5.74. The fourth-order valence-corrected chi connectivity index (χ4v) is 0.837. The van der Waals surface area contributed by atoms with E-state index in [1.165, 1.54) is 5.57 Å². The molecule has 0 amide bonds. The summed E-state index contributed by atoms with van der Waals surface area (Å²) in [6.07, 6.45) is 2.27. The molecule has 0 saturated carbocycles. The van der Waals surface area contributed by atoms with Crippen LogP contribution >= 0.6 is 11.6 Å². The molecule has 0 heterocycles. The smallest absolute Gasteiger partial charge is 0.0730 e. The number of halogens is 1. The number of allylic oxidation sites excluding steroid dienone is 1. The average Bonchev–Trinajstić information content (AvgIpc) is 1.82. The lowest BCUT2D eigenvalue weighted by Gasteiger charge is -2.06. The van der Waals surface area contributed by atoms with Gasteiger partial charge in [-0.1, -0.05) is 11.6 Å². The molecule has 0 saturated heterocycles. The summed E-state index contributed by atoms with van der Waals surface area (Å²) in [5.41, 5.74) is 1.28. The molecular formula is C8H15ClO. The van der Waals surface area contributed by atoms with Crippen molar-refractivity contribution >= 4 is 11.6 Å². The Morgan fingerprint density at radius 1 is 1.60 bits per heavy atom. The van der Waals surface area contributed by atoms with Crippen molar-refractivity contribution in [3.8, 4) is 0 Å². The zero-order valence-electron chi connectivity index (χ0n) is 6.86. The molecule has 0 aliphatic carbocycles. The minimum atomic E-state index is 0.198. The van der Waals surface area contributed by atoms with Crippen molar-refractivity contribution in [3.05, 3.63) is 11.6 Å². The van der Waals surface area contributed by atoms with Crippen LogP contribution in [0.2, 0.25) is 0 Å². The maximum absolute atomic E-state index is 5.44. The number of hydrogen-bond acceptors (Lipinski definition) is 1. The maximum atomic E-state index is 5.44. The summed E-state index contributed by atoms with van der Waals surface area (Å²) < 4.78 is 5.29. The van der Waals surface area contributed by atoms with Crippen molar-refractivity contribution in [1.82, 2.24) is 0 Å². The highest BCUT2D eigenvalue weighted by atomic mass is 35.5. The van der Waals surface area contributed by atoms with E-state index in [4.69, 9.17) is 16.3 Å². The molecule has 2 heteroatoms. The van der Waals surface area contributed by atoms with E-state index in [2.05, 4.69) is 19.9 Å². The van der Waals surface area contributed by atoms with E-state index >= 15 is 0 Å². The van der Waals surface area contributed by atoms with Gasteiger partial charge in [-0.25, -0.2) is 0 Å². The highest BCUT2D eigenvalue weighted by molar-refractivity contribution is 6.17. The van der Waals surface area contributed by atoms with Gasteiger partial charge in [0.05, 0.1) is 12.7 Å². The largest absolute Gasteiger partial charge is 0.373 e. The maximum Gasteiger partial charge on any atom is 0.0730 e. The molecule has 0 fully saturated rings. The molecular weight excluding hydrogens is 148 g/mol. The fourth-order valence-electron chi connectivity index (χ4n) is 0.748. The predicted molar refractivity (Wildman–Crippen MR) is 45.6 cm³/mol. The van der Waals surface area contributed by atoms with Gasteiger partial charge in [-0.05, 0) is 20.8 Å². The van der Waals surface area contributed by atoms with E-state index in [1.807, 2.05) is 6.92 Å². The topological polar surface area (TPSA) is 9.23 Å². The van der Waals surface area contributed by atoms with Crippen LogP contribution < -0.4 is 0 Å². The molecule has 1 nitrogen and oxygen atoms in total. The van der Waals surface area contributed by atoms with E-state index in [9.17, 15) is 0 Å². The van der Waals surface area contributed by atoms with Crippen LogP contribution in [0.3, 0.4) is 0 Å². The fraction of sp³-hybridized carbons (Fsp3) is 0.750. The van der Waals surface area contributed by atoms with Gasteiger partial charge in [-0.15, -0.1) is 11.6 Å². The number of alkyl halides is 1. The lowest BCUT2D eigenvalue weighted by Crippen LogP contribution is -2.06. The van der Waals surface area contributed by atoms with Crippen LogP contribution in [0.1, 0.15) is 20.8 Å². The Labute approximate surface area is 68.0 Å². The van der Waals surface area contributed by atoms with Crippen LogP contribution in [0.25, 0.3) is 0 Å². The second-order valence-corrected chi connectivity index (χ2v) is 2.89. The third-order valence-corrected chi connectivity index (χ3v) is 1.18. The molecule has 0 aliphatic rings. The Bertz CT molecular complexity index is 106. The van der Waals surface area contributed by atoms with Crippen molar-refractivity contribution in [3.63, 3.8) is 0 Å². The zero-order chi connectivity index (χ0) is 7.98. The van der Waals surface area contributed by atoms with E-state index in [-0.39, 0.29) is 6.10 Å². The molecule has 0 aliphatic heterocycles. The van der Waals surface area contributed by atoms with Gasteiger partial charge in [-0.3, -0.25) is 0 Å². The first-order valence-corrected chi connectivity index (χ1v) is 4.03. The second kappa shape index (κ2) is 5.75. The molecule has 0 rings (SSSR count). The van der Waals surface area contributed by atoms with Crippen molar-refractivity contribution in [2.24, 2.45) is 0 Å². The van der Waals surface area contributed by atoms with Crippen LogP contribution in [-0.4, -0.2) is 18.6 Å². The number of ether oxygens (including phenoxy) is 1. The Hall–Kier alpha value is -0.0100. The van der Waals surface area contributed by atoms with Crippen LogP contribution in [0.5, 0.6) is 0 Å². The van der Waals surface area contributed by atoms with Crippen LogP contribution in [-0.2, 0) is 4.74 Å². The first-order valence-electron chi connectivity index (χ1n) is 3.49. The third kappa shape index (κ3) is 6.12. The molecule has 0 N–H and O–H groups in total. The van der Waals surface area contributed by atoms with Gasteiger partial charge in [0.25, 0.3) is 0 Å². The standard InChI is InChI=1S/C8H15ClO/c1-7(2)6-8(3)10-5-4-9/h6,8H,4-5H2,1-3H3. The van der Waals surface area contributed by atoms with Crippen LogP contribution in [0.15, 0.2) is 11.6 Å². The summed E-state index contributed by atoms with van der Waals surface area (Å²) in [6, 6.07) is 0. The van der Waals surface area contributed by atoms with Gasteiger partial charge in [0.15, 0.2) is 0 Å². The summed E-state index contributed by atoms with van der Waals surface area (Å²) in [7, 11) is 0. The minimum Gasteiger partial charge on any atom is -0.373 e. The van der Waals surface area contributed by atoms with Crippen molar-refractivity contribution in [2.75, 3.05) is 12.5 Å². The highest BCUT2D eigenvalue weighted by Crippen LogP contribution is 1.98. The van der Waals surface area contributed by atoms with Crippen LogP contribution in [0, 0.1) is 0 Å². The molecule has 0 aromatic carbocycles. The Balaban J connectivity index is 3.43. The van der Waals surface area contributed by atoms with Gasteiger partial charge in [0, 0.05) is 5.88 Å². The van der Waals surface area contributed by atoms with Gasteiger partial charge >= 0.3 is 0 Å². The van der Waals surface area contributed by atoms with E-state index < -0.39 is 0 Å². The van der Waals surface area contributed by atoms with E-state index in [0.717, 1.165) is 0 Å². The predicted octanol–water partition coefficient (Wildman–Crippen LogP) is 2.60. The van der Waals surface area contributed by atoms with E-state index in [0.29, 0.717) is 12.5 Å². The summed E-state index contributed by atoms with van der Waals surface area (Å²) in [5, 5.41) is 0. The van der Waals surface area contributed by atoms with Crippen molar-refractivity contribution in [1.29, 1.82) is 0 Å². The lowest BCUT2D eigenvalue weighted by molar-refractivity contribution is 0.110. The SMILES string of the molecule is CC(C)=CC(C)OCCCl. The third-order valence-electron chi connectivity index (χ3n) is 1.03. The normalized spacial score (nSPS) is 12.8.